The minimum absolute atomic E-state index is 0.118. The van der Waals surface area contributed by atoms with Crippen LogP contribution in [0.4, 0.5) is 0 Å². The van der Waals surface area contributed by atoms with Crippen LogP contribution in [0.15, 0.2) is 66.7 Å². The van der Waals surface area contributed by atoms with Gasteiger partial charge in [0.15, 0.2) is 11.5 Å². The number of amides is 2. The fraction of sp³-hybridized carbons (Fsp3) is 0.0909. The Labute approximate surface area is 177 Å². The molecule has 1 aliphatic heterocycles. The third-order valence-electron chi connectivity index (χ3n) is 4.32. The molecule has 3 aromatic rings. The van der Waals surface area contributed by atoms with Crippen molar-refractivity contribution in [2.45, 2.75) is 6.61 Å². The van der Waals surface area contributed by atoms with Crippen molar-refractivity contribution in [2.75, 3.05) is 6.79 Å². The van der Waals surface area contributed by atoms with Crippen LogP contribution in [0, 0.1) is 0 Å². The molecule has 1 heterocycles. The average Bonchev–Trinajstić information content (AvgIpc) is 3.24. The van der Waals surface area contributed by atoms with Crippen LogP contribution in [0.3, 0.4) is 0 Å². The minimum atomic E-state index is -0.477. The molecule has 4 rings (SSSR count). The summed E-state index contributed by atoms with van der Waals surface area (Å²) in [5.41, 5.74) is 6.35. The third kappa shape index (κ3) is 4.64. The lowest BCUT2D eigenvalue weighted by atomic mass is 10.2. The van der Waals surface area contributed by atoms with Crippen molar-refractivity contribution >= 4 is 23.4 Å². The Morgan fingerprint density at radius 2 is 1.60 bits per heavy atom. The number of hydrogen-bond donors (Lipinski definition) is 2. The Balaban J connectivity index is 1.34. The molecule has 0 saturated heterocycles. The first-order chi connectivity index (χ1) is 14.6. The van der Waals surface area contributed by atoms with Crippen molar-refractivity contribution in [2.24, 2.45) is 0 Å². The quantitative estimate of drug-likeness (QED) is 0.610. The summed E-state index contributed by atoms with van der Waals surface area (Å²) in [5, 5.41) is 0.627. The van der Waals surface area contributed by atoms with E-state index in [4.69, 9.17) is 25.8 Å². The van der Waals surface area contributed by atoms with Gasteiger partial charge in [0.25, 0.3) is 11.8 Å². The first-order valence-corrected chi connectivity index (χ1v) is 9.44. The van der Waals surface area contributed by atoms with E-state index in [1.165, 1.54) is 0 Å². The van der Waals surface area contributed by atoms with Gasteiger partial charge in [0.05, 0.1) is 0 Å². The van der Waals surface area contributed by atoms with Crippen molar-refractivity contribution in [1.82, 2.24) is 10.9 Å². The van der Waals surface area contributed by atoms with Crippen LogP contribution in [-0.2, 0) is 6.61 Å². The molecule has 2 N–H and O–H groups in total. The predicted molar refractivity (Wildman–Crippen MR) is 110 cm³/mol. The summed E-state index contributed by atoms with van der Waals surface area (Å²) >= 11 is 5.97. The van der Waals surface area contributed by atoms with Crippen molar-refractivity contribution in [3.8, 4) is 17.2 Å². The Kier molecular flexibility index (Phi) is 5.72. The highest BCUT2D eigenvalue weighted by Crippen LogP contribution is 2.32. The van der Waals surface area contributed by atoms with E-state index in [1.807, 2.05) is 18.2 Å². The van der Waals surface area contributed by atoms with Gasteiger partial charge in [-0.05, 0) is 54.1 Å². The largest absolute Gasteiger partial charge is 0.489 e. The first kappa shape index (κ1) is 19.6. The van der Waals surface area contributed by atoms with Gasteiger partial charge >= 0.3 is 0 Å². The molecule has 0 saturated carbocycles. The van der Waals surface area contributed by atoms with Crippen LogP contribution in [0.1, 0.15) is 26.3 Å². The van der Waals surface area contributed by atoms with E-state index in [0.29, 0.717) is 40.0 Å². The van der Waals surface area contributed by atoms with Gasteiger partial charge in [-0.3, -0.25) is 20.4 Å². The zero-order valence-corrected chi connectivity index (χ0v) is 16.4. The number of nitrogens with one attached hydrogen (secondary N) is 2. The molecule has 7 nitrogen and oxygen atoms in total. The number of benzene rings is 3. The maximum absolute atomic E-state index is 12.4. The van der Waals surface area contributed by atoms with E-state index >= 15 is 0 Å². The standard InChI is InChI=1S/C22H17ClN2O5/c23-17-5-1-3-14(9-17)12-28-18-6-2-4-15(10-18)21(26)24-25-22(27)16-7-8-19-20(11-16)30-13-29-19/h1-11H,12-13H2,(H,24,26)(H,25,27). The smallest absolute Gasteiger partial charge is 0.269 e. The topological polar surface area (TPSA) is 85.9 Å². The van der Waals surface area contributed by atoms with Crippen LogP contribution in [0.5, 0.6) is 17.2 Å². The molecule has 0 atom stereocenters. The lowest BCUT2D eigenvalue weighted by molar-refractivity contribution is 0.0846. The predicted octanol–water partition coefficient (Wildman–Crippen LogP) is 3.72. The van der Waals surface area contributed by atoms with Gasteiger partial charge < -0.3 is 14.2 Å². The zero-order valence-electron chi connectivity index (χ0n) is 15.7. The number of fused-ring (bicyclic) bond motifs is 1. The maximum atomic E-state index is 12.4. The normalized spacial score (nSPS) is 11.6. The molecular weight excluding hydrogens is 408 g/mol. The molecule has 3 aromatic carbocycles. The molecule has 0 fully saturated rings. The molecule has 0 aromatic heterocycles. The van der Waals surface area contributed by atoms with Crippen LogP contribution < -0.4 is 25.1 Å². The van der Waals surface area contributed by atoms with E-state index in [1.54, 1.807) is 48.5 Å². The van der Waals surface area contributed by atoms with Gasteiger partial charge in [-0.2, -0.15) is 0 Å². The van der Waals surface area contributed by atoms with Gasteiger partial charge in [-0.15, -0.1) is 0 Å². The van der Waals surface area contributed by atoms with Gasteiger partial charge in [-0.25, -0.2) is 0 Å². The fourth-order valence-electron chi connectivity index (χ4n) is 2.82. The Hall–Kier alpha value is -3.71. The summed E-state index contributed by atoms with van der Waals surface area (Å²) in [5.74, 6) is 0.626. The number of carbonyl (C=O) groups excluding carboxylic acids is 2. The van der Waals surface area contributed by atoms with Gasteiger partial charge in [-0.1, -0.05) is 29.8 Å². The Bertz CT molecular complexity index is 1100. The van der Waals surface area contributed by atoms with Gasteiger partial charge in [0, 0.05) is 16.1 Å². The number of hydrogen-bond acceptors (Lipinski definition) is 5. The Morgan fingerprint density at radius 1 is 0.867 bits per heavy atom. The van der Waals surface area contributed by atoms with Crippen LogP contribution in [0.2, 0.25) is 5.02 Å². The summed E-state index contributed by atoms with van der Waals surface area (Å²) in [6.45, 7) is 0.430. The Morgan fingerprint density at radius 3 is 2.40 bits per heavy atom. The monoisotopic (exact) mass is 424 g/mol. The highest BCUT2D eigenvalue weighted by Gasteiger charge is 2.17. The van der Waals surface area contributed by atoms with Gasteiger partial charge in [0.2, 0.25) is 6.79 Å². The lowest BCUT2D eigenvalue weighted by Gasteiger charge is -2.10. The second kappa shape index (κ2) is 8.75. The minimum Gasteiger partial charge on any atom is -0.489 e. The van der Waals surface area contributed by atoms with E-state index in [9.17, 15) is 9.59 Å². The first-order valence-electron chi connectivity index (χ1n) is 9.06. The van der Waals surface area contributed by atoms with E-state index in [-0.39, 0.29) is 6.79 Å². The van der Waals surface area contributed by atoms with E-state index in [2.05, 4.69) is 10.9 Å². The number of ether oxygens (including phenoxy) is 3. The molecule has 0 aliphatic carbocycles. The van der Waals surface area contributed by atoms with Crippen LogP contribution >= 0.6 is 11.6 Å². The molecule has 8 heteroatoms. The van der Waals surface area contributed by atoms with Crippen molar-refractivity contribution < 1.29 is 23.8 Å². The van der Waals surface area contributed by atoms with Crippen LogP contribution in [0.25, 0.3) is 0 Å². The molecule has 2 amide bonds. The summed E-state index contributed by atoms with van der Waals surface area (Å²) in [7, 11) is 0. The SMILES string of the molecule is O=C(NNC(=O)c1ccc2c(c1)OCO2)c1cccc(OCc2cccc(Cl)c2)c1. The summed E-state index contributed by atoms with van der Waals surface area (Å²) < 4.78 is 16.2. The van der Waals surface area contributed by atoms with Crippen molar-refractivity contribution in [3.05, 3.63) is 88.4 Å². The summed E-state index contributed by atoms with van der Waals surface area (Å²) in [6.07, 6.45) is 0. The number of halogens is 1. The second-order valence-corrected chi connectivity index (χ2v) is 6.86. The average molecular weight is 425 g/mol. The van der Waals surface area contributed by atoms with Crippen LogP contribution in [-0.4, -0.2) is 18.6 Å². The highest BCUT2D eigenvalue weighted by molar-refractivity contribution is 6.30. The molecule has 1 aliphatic rings. The second-order valence-electron chi connectivity index (χ2n) is 6.42. The van der Waals surface area contributed by atoms with E-state index in [0.717, 1.165) is 5.56 Å². The molecule has 0 spiro atoms. The molecule has 30 heavy (non-hydrogen) atoms. The maximum Gasteiger partial charge on any atom is 0.269 e. The number of rotatable bonds is 5. The number of hydrazine groups is 1. The van der Waals surface area contributed by atoms with E-state index < -0.39 is 11.8 Å². The molecule has 0 bridgehead atoms. The van der Waals surface area contributed by atoms with Crippen molar-refractivity contribution in [1.29, 1.82) is 0 Å². The van der Waals surface area contributed by atoms with Gasteiger partial charge in [0.1, 0.15) is 12.4 Å². The highest BCUT2D eigenvalue weighted by atomic mass is 35.5. The molecule has 0 radical (unpaired) electrons. The molecular formula is C22H17ClN2O5. The third-order valence-corrected chi connectivity index (χ3v) is 4.55. The zero-order chi connectivity index (χ0) is 20.9. The fourth-order valence-corrected chi connectivity index (χ4v) is 3.03. The summed E-state index contributed by atoms with van der Waals surface area (Å²) in [4.78, 5) is 24.7. The molecule has 0 unspecified atom stereocenters. The van der Waals surface area contributed by atoms with Crippen molar-refractivity contribution in [3.63, 3.8) is 0 Å². The number of carbonyl (C=O) groups is 2. The molecule has 152 valence electrons. The summed E-state index contributed by atoms with van der Waals surface area (Å²) in [6, 6.07) is 18.8. The lowest BCUT2D eigenvalue weighted by Crippen LogP contribution is -2.41.